The first-order valence-corrected chi connectivity index (χ1v) is 4.20. The maximum atomic E-state index is 11.1. The number of hydrogen-bond donors (Lipinski definition) is 0. The minimum atomic E-state index is -0.572. The van der Waals surface area contributed by atoms with E-state index >= 15 is 0 Å². The highest BCUT2D eigenvalue weighted by Crippen LogP contribution is 2.14. The standard InChI is InChI=1S/C9H16O4/c1-5-9(2,3)13-8(11)6-7(10)12-4/h5-6H2,1-4H3. The third-order valence-electron chi connectivity index (χ3n) is 1.76. The molecule has 0 heterocycles. The summed E-state index contributed by atoms with van der Waals surface area (Å²) in [5, 5.41) is 0. The van der Waals surface area contributed by atoms with Crippen molar-refractivity contribution < 1.29 is 19.1 Å². The van der Waals surface area contributed by atoms with Crippen LogP contribution in [0.5, 0.6) is 0 Å². The first-order valence-electron chi connectivity index (χ1n) is 4.20. The van der Waals surface area contributed by atoms with Gasteiger partial charge in [-0.1, -0.05) is 6.92 Å². The van der Waals surface area contributed by atoms with Crippen molar-refractivity contribution in [2.75, 3.05) is 7.11 Å². The van der Waals surface area contributed by atoms with Crippen molar-refractivity contribution in [3.63, 3.8) is 0 Å². The third-order valence-corrected chi connectivity index (χ3v) is 1.76. The van der Waals surface area contributed by atoms with Gasteiger partial charge in [0.2, 0.25) is 0 Å². The number of carbonyl (C=O) groups excluding carboxylic acids is 2. The Kier molecular flexibility index (Phi) is 4.45. The largest absolute Gasteiger partial charge is 0.469 e. The van der Waals surface area contributed by atoms with Crippen LogP contribution in [-0.4, -0.2) is 24.6 Å². The van der Waals surface area contributed by atoms with Crippen molar-refractivity contribution in [3.05, 3.63) is 0 Å². The minimum absolute atomic E-state index is 0.320. The SMILES string of the molecule is CCC(C)(C)OC(=O)CC(=O)OC. The quantitative estimate of drug-likeness (QED) is 0.492. The molecule has 0 radical (unpaired) electrons. The Labute approximate surface area is 78.2 Å². The predicted octanol–water partition coefficient (Wildman–Crippen LogP) is 1.28. The predicted molar refractivity (Wildman–Crippen MR) is 47.1 cm³/mol. The Morgan fingerprint density at radius 3 is 2.15 bits per heavy atom. The van der Waals surface area contributed by atoms with Gasteiger partial charge in [0.25, 0.3) is 0 Å². The third kappa shape index (κ3) is 5.22. The zero-order valence-corrected chi connectivity index (χ0v) is 8.55. The Balaban J connectivity index is 3.94. The monoisotopic (exact) mass is 188 g/mol. The first kappa shape index (κ1) is 11.9. The van der Waals surface area contributed by atoms with Crippen molar-refractivity contribution in [2.24, 2.45) is 0 Å². The van der Waals surface area contributed by atoms with E-state index in [1.807, 2.05) is 6.92 Å². The van der Waals surface area contributed by atoms with Gasteiger partial charge in [-0.3, -0.25) is 9.59 Å². The second kappa shape index (κ2) is 4.84. The molecular weight excluding hydrogens is 172 g/mol. The lowest BCUT2D eigenvalue weighted by molar-refractivity contribution is -0.162. The highest BCUT2D eigenvalue weighted by Gasteiger charge is 2.22. The van der Waals surface area contributed by atoms with Crippen molar-refractivity contribution >= 4 is 11.9 Å². The molecule has 0 aliphatic rings. The van der Waals surface area contributed by atoms with E-state index in [1.165, 1.54) is 7.11 Å². The van der Waals surface area contributed by atoms with Gasteiger partial charge in [-0.2, -0.15) is 0 Å². The van der Waals surface area contributed by atoms with Gasteiger partial charge in [0.05, 0.1) is 7.11 Å². The van der Waals surface area contributed by atoms with E-state index in [0.717, 1.165) is 0 Å². The summed E-state index contributed by atoms with van der Waals surface area (Å²) < 4.78 is 9.35. The molecule has 0 bridgehead atoms. The van der Waals surface area contributed by atoms with Crippen LogP contribution in [0.2, 0.25) is 0 Å². The number of esters is 2. The van der Waals surface area contributed by atoms with Crippen LogP contribution in [0, 0.1) is 0 Å². The summed E-state index contributed by atoms with van der Waals surface area (Å²) in [4.78, 5) is 21.7. The molecule has 76 valence electrons. The average molecular weight is 188 g/mol. The van der Waals surface area contributed by atoms with Crippen molar-refractivity contribution in [1.29, 1.82) is 0 Å². The van der Waals surface area contributed by atoms with E-state index in [-0.39, 0.29) is 6.42 Å². The number of hydrogen-bond acceptors (Lipinski definition) is 4. The molecular formula is C9H16O4. The van der Waals surface area contributed by atoms with Gasteiger partial charge in [0.1, 0.15) is 12.0 Å². The summed E-state index contributed by atoms with van der Waals surface area (Å²) in [6.07, 6.45) is 0.389. The molecule has 0 amide bonds. The number of ether oxygens (including phenoxy) is 2. The van der Waals surface area contributed by atoms with E-state index in [9.17, 15) is 9.59 Å². The second-order valence-corrected chi connectivity index (χ2v) is 3.34. The summed E-state index contributed by atoms with van der Waals surface area (Å²) in [5.41, 5.74) is -0.509. The van der Waals surface area contributed by atoms with Crippen LogP contribution in [0.25, 0.3) is 0 Å². The maximum absolute atomic E-state index is 11.1. The topological polar surface area (TPSA) is 52.6 Å². The van der Waals surface area contributed by atoms with Crippen LogP contribution in [0.4, 0.5) is 0 Å². The van der Waals surface area contributed by atoms with Crippen LogP contribution in [0.3, 0.4) is 0 Å². The van der Waals surface area contributed by atoms with Crippen molar-refractivity contribution in [2.45, 2.75) is 39.2 Å². The summed E-state index contributed by atoms with van der Waals surface area (Å²) >= 11 is 0. The van der Waals surface area contributed by atoms with Crippen molar-refractivity contribution in [1.82, 2.24) is 0 Å². The molecule has 0 saturated heterocycles. The van der Waals surface area contributed by atoms with Crippen molar-refractivity contribution in [3.8, 4) is 0 Å². The molecule has 13 heavy (non-hydrogen) atoms. The normalized spacial score (nSPS) is 10.8. The fourth-order valence-corrected chi connectivity index (χ4v) is 0.606. The lowest BCUT2D eigenvalue weighted by atomic mass is 10.1. The maximum Gasteiger partial charge on any atom is 0.317 e. The number of carbonyl (C=O) groups is 2. The van der Waals surface area contributed by atoms with Gasteiger partial charge < -0.3 is 9.47 Å². The Morgan fingerprint density at radius 2 is 1.77 bits per heavy atom. The highest BCUT2D eigenvalue weighted by molar-refractivity contribution is 5.91. The molecule has 0 saturated carbocycles. The van der Waals surface area contributed by atoms with Gasteiger partial charge in [-0.25, -0.2) is 0 Å². The van der Waals surface area contributed by atoms with Crippen LogP contribution in [-0.2, 0) is 19.1 Å². The van der Waals surface area contributed by atoms with E-state index < -0.39 is 17.5 Å². The summed E-state index contributed by atoms with van der Waals surface area (Å²) in [6, 6.07) is 0. The Morgan fingerprint density at radius 1 is 1.23 bits per heavy atom. The molecule has 0 aromatic heterocycles. The summed E-state index contributed by atoms with van der Waals surface area (Å²) in [6.45, 7) is 5.50. The van der Waals surface area contributed by atoms with E-state index in [2.05, 4.69) is 4.74 Å². The summed E-state index contributed by atoms with van der Waals surface area (Å²) in [7, 11) is 1.24. The lowest BCUT2D eigenvalue weighted by Gasteiger charge is -2.22. The molecule has 0 aromatic rings. The Hall–Kier alpha value is -1.06. The molecule has 0 spiro atoms. The van der Waals surface area contributed by atoms with Gasteiger partial charge in [-0.15, -0.1) is 0 Å². The Bertz CT molecular complexity index is 196. The fourth-order valence-electron chi connectivity index (χ4n) is 0.606. The molecule has 0 aliphatic heterocycles. The molecule has 0 aromatic carbocycles. The molecule has 0 unspecified atom stereocenters. The second-order valence-electron chi connectivity index (χ2n) is 3.34. The zero-order chi connectivity index (χ0) is 10.5. The summed E-state index contributed by atoms with van der Waals surface area (Å²) in [5.74, 6) is -1.12. The highest BCUT2D eigenvalue weighted by atomic mass is 16.6. The van der Waals surface area contributed by atoms with Crippen LogP contribution in [0.15, 0.2) is 0 Å². The molecule has 4 heteroatoms. The molecule has 0 fully saturated rings. The smallest absolute Gasteiger partial charge is 0.317 e. The fraction of sp³-hybridized carbons (Fsp3) is 0.778. The zero-order valence-electron chi connectivity index (χ0n) is 8.55. The van der Waals surface area contributed by atoms with E-state index in [4.69, 9.17) is 4.74 Å². The molecule has 0 rings (SSSR count). The van der Waals surface area contributed by atoms with Gasteiger partial charge in [0, 0.05) is 0 Å². The lowest BCUT2D eigenvalue weighted by Crippen LogP contribution is -2.28. The van der Waals surface area contributed by atoms with Crippen LogP contribution < -0.4 is 0 Å². The molecule has 0 N–H and O–H groups in total. The first-order chi connectivity index (χ1) is 5.91. The number of rotatable bonds is 4. The van der Waals surface area contributed by atoms with E-state index in [0.29, 0.717) is 6.42 Å². The molecule has 4 nitrogen and oxygen atoms in total. The van der Waals surface area contributed by atoms with Gasteiger partial charge in [-0.05, 0) is 20.3 Å². The average Bonchev–Trinajstić information content (AvgIpc) is 2.03. The van der Waals surface area contributed by atoms with E-state index in [1.54, 1.807) is 13.8 Å². The number of methoxy groups -OCH3 is 1. The van der Waals surface area contributed by atoms with Crippen LogP contribution >= 0.6 is 0 Å². The van der Waals surface area contributed by atoms with Gasteiger partial charge >= 0.3 is 11.9 Å². The molecule has 0 aliphatic carbocycles. The molecule has 0 atom stereocenters. The van der Waals surface area contributed by atoms with Crippen LogP contribution in [0.1, 0.15) is 33.6 Å². The minimum Gasteiger partial charge on any atom is -0.469 e. The van der Waals surface area contributed by atoms with Gasteiger partial charge in [0.15, 0.2) is 0 Å².